The Balaban J connectivity index is 1.52. The summed E-state index contributed by atoms with van der Waals surface area (Å²) in [6, 6.07) is 11.4. The van der Waals surface area contributed by atoms with Gasteiger partial charge in [0.2, 0.25) is 0 Å². The van der Waals surface area contributed by atoms with Gasteiger partial charge in [-0.1, -0.05) is 43.9 Å². The van der Waals surface area contributed by atoms with Gasteiger partial charge in [0.25, 0.3) is 6.33 Å². The molecule has 4 aromatic rings. The molecular formula is C28H27N2O+. The molecule has 1 saturated carbocycles. The Kier molecular flexibility index (Phi) is 3.59. The van der Waals surface area contributed by atoms with E-state index in [0.29, 0.717) is 0 Å². The zero-order valence-electron chi connectivity index (χ0n) is 18.3. The molecule has 0 saturated heterocycles. The maximum Gasteiger partial charge on any atom is 0.287 e. The van der Waals surface area contributed by atoms with Crippen molar-refractivity contribution in [3.63, 3.8) is 0 Å². The highest BCUT2D eigenvalue weighted by atomic mass is 16.5. The summed E-state index contributed by atoms with van der Waals surface area (Å²) in [6.07, 6.45) is 10.8. The first-order valence-corrected chi connectivity index (χ1v) is 11.8. The van der Waals surface area contributed by atoms with Crippen molar-refractivity contribution in [2.45, 2.75) is 51.9 Å². The molecule has 3 aromatic carbocycles. The van der Waals surface area contributed by atoms with Crippen LogP contribution in [0.15, 0.2) is 36.7 Å². The SMILES string of the molecule is Cc1c2c(c3c4c(cccc14)CC3)Oc1cc(CC3CCCC3)cc3nc[n+](C)c-2c13. The third kappa shape index (κ3) is 2.40. The molecule has 0 amide bonds. The Hall–Kier alpha value is -2.94. The van der Waals surface area contributed by atoms with Crippen LogP contribution in [-0.4, -0.2) is 4.98 Å². The molecule has 0 bridgehead atoms. The quantitative estimate of drug-likeness (QED) is 0.329. The molecule has 3 heteroatoms. The number of hydrogen-bond donors (Lipinski definition) is 0. The van der Waals surface area contributed by atoms with Crippen molar-refractivity contribution in [1.82, 2.24) is 4.98 Å². The first-order chi connectivity index (χ1) is 15.2. The number of nitrogens with zero attached hydrogens (tertiary/aromatic N) is 2. The van der Waals surface area contributed by atoms with Gasteiger partial charge in [-0.15, -0.1) is 0 Å². The number of hydrogen-bond acceptors (Lipinski definition) is 2. The normalized spacial score (nSPS) is 16.8. The second kappa shape index (κ2) is 6.29. The van der Waals surface area contributed by atoms with Crippen LogP contribution in [0.25, 0.3) is 32.9 Å². The van der Waals surface area contributed by atoms with Gasteiger partial charge in [-0.3, -0.25) is 0 Å². The number of ether oxygens (including phenoxy) is 1. The van der Waals surface area contributed by atoms with Crippen LogP contribution in [0.2, 0.25) is 0 Å². The summed E-state index contributed by atoms with van der Waals surface area (Å²) in [7, 11) is 2.12. The number of aromatic nitrogens is 2. The summed E-state index contributed by atoms with van der Waals surface area (Å²) in [5.74, 6) is 2.89. The molecule has 1 aliphatic heterocycles. The van der Waals surface area contributed by atoms with Crippen molar-refractivity contribution >= 4 is 21.7 Å². The van der Waals surface area contributed by atoms with E-state index in [0.717, 1.165) is 47.6 Å². The molecule has 0 spiro atoms. The summed E-state index contributed by atoms with van der Waals surface area (Å²) >= 11 is 0. The number of fused-ring (bicyclic) bond motifs is 3. The molecule has 2 heterocycles. The van der Waals surface area contributed by atoms with Crippen LogP contribution in [0.3, 0.4) is 0 Å². The lowest BCUT2D eigenvalue weighted by atomic mass is 9.89. The molecule has 0 N–H and O–H groups in total. The Morgan fingerprint density at radius 1 is 1.10 bits per heavy atom. The van der Waals surface area contributed by atoms with Crippen LogP contribution >= 0.6 is 0 Å². The van der Waals surface area contributed by atoms with E-state index in [9.17, 15) is 0 Å². The van der Waals surface area contributed by atoms with Crippen LogP contribution < -0.4 is 9.30 Å². The van der Waals surface area contributed by atoms with Crippen LogP contribution in [-0.2, 0) is 26.3 Å². The van der Waals surface area contributed by atoms with Gasteiger partial charge in [-0.25, -0.2) is 4.57 Å². The van der Waals surface area contributed by atoms with E-state index in [1.165, 1.54) is 70.0 Å². The van der Waals surface area contributed by atoms with Crippen molar-refractivity contribution in [2.75, 3.05) is 0 Å². The van der Waals surface area contributed by atoms with Gasteiger partial charge in [0.15, 0.2) is 11.2 Å². The van der Waals surface area contributed by atoms with Crippen molar-refractivity contribution in [1.29, 1.82) is 0 Å². The lowest BCUT2D eigenvalue weighted by Gasteiger charge is -2.25. The van der Waals surface area contributed by atoms with Crippen LogP contribution in [0.5, 0.6) is 11.5 Å². The Labute approximate surface area is 182 Å². The van der Waals surface area contributed by atoms with Gasteiger partial charge in [0.05, 0.1) is 12.6 Å². The van der Waals surface area contributed by atoms with Crippen molar-refractivity contribution in [3.05, 3.63) is 58.9 Å². The fourth-order valence-corrected chi connectivity index (χ4v) is 6.48. The van der Waals surface area contributed by atoms with Crippen molar-refractivity contribution < 1.29 is 9.30 Å². The molecule has 0 unspecified atom stereocenters. The number of benzene rings is 3. The molecule has 0 atom stereocenters. The highest BCUT2D eigenvalue weighted by molar-refractivity contribution is 6.07. The Bertz CT molecular complexity index is 1410. The van der Waals surface area contributed by atoms with E-state index in [1.807, 2.05) is 6.33 Å². The predicted octanol–water partition coefficient (Wildman–Crippen LogP) is 6.12. The van der Waals surface area contributed by atoms with Crippen molar-refractivity contribution in [2.24, 2.45) is 13.0 Å². The maximum absolute atomic E-state index is 6.80. The van der Waals surface area contributed by atoms with Crippen LogP contribution in [0.4, 0.5) is 0 Å². The van der Waals surface area contributed by atoms with Gasteiger partial charge >= 0.3 is 0 Å². The fraction of sp³-hybridized carbons (Fsp3) is 0.357. The van der Waals surface area contributed by atoms with E-state index in [4.69, 9.17) is 9.72 Å². The third-order valence-corrected chi connectivity index (χ3v) is 7.93. The molecule has 7 rings (SSSR count). The van der Waals surface area contributed by atoms with E-state index < -0.39 is 0 Å². The minimum Gasteiger partial charge on any atom is -0.455 e. The first-order valence-electron chi connectivity index (χ1n) is 11.8. The molecule has 3 aliphatic rings. The van der Waals surface area contributed by atoms with Crippen LogP contribution in [0, 0.1) is 12.8 Å². The third-order valence-electron chi connectivity index (χ3n) is 7.93. The Morgan fingerprint density at radius 3 is 2.84 bits per heavy atom. The average molecular weight is 408 g/mol. The maximum atomic E-state index is 6.80. The molecular weight excluding hydrogens is 380 g/mol. The second-order valence-electron chi connectivity index (χ2n) is 9.80. The molecule has 31 heavy (non-hydrogen) atoms. The zero-order valence-corrected chi connectivity index (χ0v) is 18.3. The van der Waals surface area contributed by atoms with E-state index in [-0.39, 0.29) is 0 Å². The highest BCUT2D eigenvalue weighted by Gasteiger charge is 2.34. The zero-order chi connectivity index (χ0) is 20.7. The average Bonchev–Trinajstić information content (AvgIpc) is 3.44. The van der Waals surface area contributed by atoms with E-state index >= 15 is 0 Å². The minimum atomic E-state index is 0.811. The van der Waals surface area contributed by atoms with Gasteiger partial charge in [0, 0.05) is 5.56 Å². The highest BCUT2D eigenvalue weighted by Crippen LogP contribution is 2.52. The van der Waals surface area contributed by atoms with Gasteiger partial charge in [-0.05, 0) is 76.7 Å². The monoisotopic (exact) mass is 407 g/mol. The molecule has 3 nitrogen and oxygen atoms in total. The van der Waals surface area contributed by atoms with Gasteiger partial charge in [0.1, 0.15) is 16.9 Å². The van der Waals surface area contributed by atoms with E-state index in [1.54, 1.807) is 0 Å². The molecule has 0 radical (unpaired) electrons. The largest absolute Gasteiger partial charge is 0.455 e. The molecule has 1 fully saturated rings. The summed E-state index contributed by atoms with van der Waals surface area (Å²) in [5, 5.41) is 3.97. The summed E-state index contributed by atoms with van der Waals surface area (Å²) < 4.78 is 8.99. The van der Waals surface area contributed by atoms with Crippen molar-refractivity contribution in [3.8, 4) is 22.8 Å². The molecule has 1 aromatic heterocycles. The minimum absolute atomic E-state index is 0.811. The standard InChI is InChI=1S/C28H27N2O/c1-16-20-9-5-8-19-10-11-21(25(19)20)28-24(16)27-26-22(29-15-30(27)2)13-18(14-23(26)31-28)12-17-6-3-4-7-17/h5,8-9,13-15,17H,3-4,6-7,10-12H2,1-2H3/q+1. The lowest BCUT2D eigenvalue weighted by Crippen LogP contribution is -2.33. The topological polar surface area (TPSA) is 26.0 Å². The van der Waals surface area contributed by atoms with Gasteiger partial charge < -0.3 is 4.74 Å². The van der Waals surface area contributed by atoms with E-state index in [2.05, 4.69) is 48.9 Å². The predicted molar refractivity (Wildman–Crippen MR) is 124 cm³/mol. The molecule has 154 valence electrons. The number of aryl methyl sites for hydroxylation is 4. The fourth-order valence-electron chi connectivity index (χ4n) is 6.48. The number of rotatable bonds is 2. The summed E-state index contributed by atoms with van der Waals surface area (Å²) in [5.41, 5.74) is 9.12. The summed E-state index contributed by atoms with van der Waals surface area (Å²) in [4.78, 5) is 4.82. The van der Waals surface area contributed by atoms with Gasteiger partial charge in [-0.2, -0.15) is 0 Å². The van der Waals surface area contributed by atoms with Crippen LogP contribution in [0.1, 0.15) is 47.9 Å². The smallest absolute Gasteiger partial charge is 0.287 e. The second-order valence-corrected chi connectivity index (χ2v) is 9.80. The molecule has 2 aliphatic carbocycles. The lowest BCUT2D eigenvalue weighted by molar-refractivity contribution is -0.662. The Morgan fingerprint density at radius 2 is 1.97 bits per heavy atom. The first kappa shape index (κ1) is 17.7. The summed E-state index contributed by atoms with van der Waals surface area (Å²) in [6.45, 7) is 2.26.